The molecule has 5 heteroatoms. The van der Waals surface area contributed by atoms with Crippen molar-refractivity contribution < 1.29 is 4.39 Å². The van der Waals surface area contributed by atoms with Crippen LogP contribution >= 0.6 is 11.6 Å². The molecular weight excluding hydrogens is 289 g/mol. The molecule has 0 spiro atoms. The molecule has 0 radical (unpaired) electrons. The highest BCUT2D eigenvalue weighted by molar-refractivity contribution is 6.31. The molecule has 3 nitrogen and oxygen atoms in total. The lowest BCUT2D eigenvalue weighted by atomic mass is 10.0. The van der Waals surface area contributed by atoms with Crippen LogP contribution in [0.1, 0.15) is 48.7 Å². The summed E-state index contributed by atoms with van der Waals surface area (Å²) < 4.78 is 13.9. The van der Waals surface area contributed by atoms with Crippen LogP contribution in [0.15, 0.2) is 24.3 Å². The molecule has 1 aromatic carbocycles. The fourth-order valence-corrected chi connectivity index (χ4v) is 3.14. The number of hydrogen-bond acceptors (Lipinski definition) is 3. The molecule has 110 valence electrons. The van der Waals surface area contributed by atoms with E-state index in [1.165, 1.54) is 18.9 Å². The predicted octanol–water partition coefficient (Wildman–Crippen LogP) is 4.10. The third-order valence-corrected chi connectivity index (χ3v) is 4.34. The number of hydrogen-bond donors (Lipinski definition) is 1. The summed E-state index contributed by atoms with van der Waals surface area (Å²) in [5.74, 6) is 1.08. The first-order valence-electron chi connectivity index (χ1n) is 7.19. The second-order valence-corrected chi connectivity index (χ2v) is 5.90. The van der Waals surface area contributed by atoms with E-state index in [-0.39, 0.29) is 12.2 Å². The molecule has 0 bridgehead atoms. The van der Waals surface area contributed by atoms with Gasteiger partial charge >= 0.3 is 0 Å². The molecule has 1 aromatic heterocycles. The fraction of sp³-hybridized carbons (Fsp3) is 0.375. The van der Waals surface area contributed by atoms with Crippen LogP contribution in [0.5, 0.6) is 0 Å². The van der Waals surface area contributed by atoms with Crippen LogP contribution < -0.4 is 5.73 Å². The molecule has 0 unspecified atom stereocenters. The van der Waals surface area contributed by atoms with Gasteiger partial charge in [0.1, 0.15) is 17.5 Å². The topological polar surface area (TPSA) is 51.8 Å². The normalized spacial score (nSPS) is 15.5. The van der Waals surface area contributed by atoms with E-state index >= 15 is 0 Å². The highest BCUT2D eigenvalue weighted by Crippen LogP contribution is 2.33. The maximum absolute atomic E-state index is 13.9. The Kier molecular flexibility index (Phi) is 4.06. The van der Waals surface area contributed by atoms with E-state index in [1.54, 1.807) is 12.1 Å². The highest BCUT2D eigenvalue weighted by Gasteiger charge is 2.20. The predicted molar refractivity (Wildman–Crippen MR) is 81.9 cm³/mol. The summed E-state index contributed by atoms with van der Waals surface area (Å²) in [6, 6.07) is 6.49. The Morgan fingerprint density at radius 2 is 2.00 bits per heavy atom. The van der Waals surface area contributed by atoms with Crippen molar-refractivity contribution in [2.45, 2.75) is 38.0 Å². The lowest BCUT2D eigenvalue weighted by Gasteiger charge is -2.11. The molecule has 0 aliphatic heterocycles. The van der Waals surface area contributed by atoms with E-state index in [4.69, 9.17) is 17.3 Å². The fourth-order valence-electron chi connectivity index (χ4n) is 2.91. The average molecular weight is 306 g/mol. The number of aromatic nitrogens is 2. The monoisotopic (exact) mass is 305 g/mol. The lowest BCUT2D eigenvalue weighted by molar-refractivity contribution is 0.611. The Morgan fingerprint density at radius 1 is 1.24 bits per heavy atom. The lowest BCUT2D eigenvalue weighted by Crippen LogP contribution is -2.07. The van der Waals surface area contributed by atoms with Gasteiger partial charge in [-0.25, -0.2) is 14.4 Å². The van der Waals surface area contributed by atoms with Gasteiger partial charge in [0.25, 0.3) is 0 Å². The van der Waals surface area contributed by atoms with Gasteiger partial charge in [0.2, 0.25) is 0 Å². The quantitative estimate of drug-likeness (QED) is 0.929. The van der Waals surface area contributed by atoms with Crippen LogP contribution in [0.3, 0.4) is 0 Å². The summed E-state index contributed by atoms with van der Waals surface area (Å²) in [6.07, 6.45) is 4.98. The standard InChI is InChI=1S/C16H17ClFN3/c17-12-6-3-7-13(18)11(12)8-16-20-14(9-15(19)21-16)10-4-1-2-5-10/h3,6-7,9-10H,1-2,4-5,8H2,(H2,19,20,21). The van der Waals surface area contributed by atoms with Gasteiger partial charge in [0.15, 0.2) is 0 Å². The van der Waals surface area contributed by atoms with Crippen molar-refractivity contribution in [1.29, 1.82) is 0 Å². The van der Waals surface area contributed by atoms with Crippen LogP contribution in [0, 0.1) is 5.82 Å². The Bertz CT molecular complexity index is 634. The van der Waals surface area contributed by atoms with Gasteiger partial charge in [-0.2, -0.15) is 0 Å². The molecule has 21 heavy (non-hydrogen) atoms. The third kappa shape index (κ3) is 3.16. The summed E-state index contributed by atoms with van der Waals surface area (Å²) in [7, 11) is 0. The van der Waals surface area contributed by atoms with E-state index in [0.29, 0.717) is 28.1 Å². The summed E-state index contributed by atoms with van der Waals surface area (Å²) >= 11 is 6.06. The minimum absolute atomic E-state index is 0.260. The maximum Gasteiger partial charge on any atom is 0.135 e. The van der Waals surface area contributed by atoms with Crippen LogP contribution in [0.2, 0.25) is 5.02 Å². The van der Waals surface area contributed by atoms with E-state index < -0.39 is 0 Å². The molecule has 1 fully saturated rings. The molecule has 1 saturated carbocycles. The summed E-state index contributed by atoms with van der Waals surface area (Å²) in [5.41, 5.74) is 7.27. The first kappa shape index (κ1) is 14.3. The zero-order chi connectivity index (χ0) is 14.8. The molecule has 0 saturated heterocycles. The number of benzene rings is 1. The number of nitrogens with zero attached hydrogens (tertiary/aromatic N) is 2. The van der Waals surface area contributed by atoms with Crippen LogP contribution in [0.4, 0.5) is 10.2 Å². The number of rotatable bonds is 3. The maximum atomic E-state index is 13.9. The molecule has 0 atom stereocenters. The summed E-state index contributed by atoms with van der Waals surface area (Å²) in [5, 5.41) is 0.392. The van der Waals surface area contributed by atoms with Crippen molar-refractivity contribution in [2.24, 2.45) is 0 Å². The van der Waals surface area contributed by atoms with Crippen molar-refractivity contribution in [3.63, 3.8) is 0 Å². The van der Waals surface area contributed by atoms with Gasteiger partial charge in [0, 0.05) is 34.7 Å². The molecule has 2 N–H and O–H groups in total. The van der Waals surface area contributed by atoms with Gasteiger partial charge in [-0.1, -0.05) is 30.5 Å². The highest BCUT2D eigenvalue weighted by atomic mass is 35.5. The largest absolute Gasteiger partial charge is 0.384 e. The van der Waals surface area contributed by atoms with Crippen molar-refractivity contribution >= 4 is 17.4 Å². The molecule has 3 rings (SSSR count). The van der Waals surface area contributed by atoms with Crippen LogP contribution in [-0.2, 0) is 6.42 Å². The Labute approximate surface area is 128 Å². The van der Waals surface area contributed by atoms with Gasteiger partial charge in [-0.3, -0.25) is 0 Å². The van der Waals surface area contributed by atoms with E-state index in [9.17, 15) is 4.39 Å². The third-order valence-electron chi connectivity index (χ3n) is 3.98. The molecular formula is C16H17ClFN3. The number of anilines is 1. The smallest absolute Gasteiger partial charge is 0.135 e. The molecule has 1 heterocycles. The van der Waals surface area contributed by atoms with Crippen molar-refractivity contribution in [3.8, 4) is 0 Å². The van der Waals surface area contributed by atoms with Crippen LogP contribution in [0.25, 0.3) is 0 Å². The second kappa shape index (κ2) is 5.98. The van der Waals surface area contributed by atoms with Gasteiger partial charge in [-0.05, 0) is 25.0 Å². The SMILES string of the molecule is Nc1cc(C2CCCC2)nc(Cc2c(F)cccc2Cl)n1. The first-order valence-corrected chi connectivity index (χ1v) is 7.57. The number of nitrogens with two attached hydrogens (primary N) is 1. The zero-order valence-electron chi connectivity index (χ0n) is 11.6. The van der Waals surface area contributed by atoms with E-state index in [1.807, 2.05) is 6.07 Å². The summed E-state index contributed by atoms with van der Waals surface area (Å²) in [6.45, 7) is 0. The molecule has 0 amide bonds. The van der Waals surface area contributed by atoms with E-state index in [2.05, 4.69) is 9.97 Å². The number of nitrogen functional groups attached to an aromatic ring is 1. The minimum atomic E-state index is -0.337. The summed E-state index contributed by atoms with van der Waals surface area (Å²) in [4.78, 5) is 8.80. The molecule has 1 aliphatic rings. The van der Waals surface area contributed by atoms with Gasteiger partial charge in [0.05, 0.1) is 0 Å². The zero-order valence-corrected chi connectivity index (χ0v) is 12.4. The number of halogens is 2. The van der Waals surface area contributed by atoms with E-state index in [0.717, 1.165) is 18.5 Å². The van der Waals surface area contributed by atoms with Gasteiger partial charge in [-0.15, -0.1) is 0 Å². The van der Waals surface area contributed by atoms with Gasteiger partial charge < -0.3 is 5.73 Å². The molecule has 1 aliphatic carbocycles. The molecule has 2 aromatic rings. The van der Waals surface area contributed by atoms with Crippen molar-refractivity contribution in [3.05, 3.63) is 52.2 Å². The minimum Gasteiger partial charge on any atom is -0.384 e. The van der Waals surface area contributed by atoms with Crippen molar-refractivity contribution in [2.75, 3.05) is 5.73 Å². The first-order chi connectivity index (χ1) is 10.1. The average Bonchev–Trinajstić information content (AvgIpc) is 2.97. The Balaban J connectivity index is 1.91. The second-order valence-electron chi connectivity index (χ2n) is 5.49. The Morgan fingerprint density at radius 3 is 2.71 bits per heavy atom. The van der Waals surface area contributed by atoms with Crippen LogP contribution in [-0.4, -0.2) is 9.97 Å². The van der Waals surface area contributed by atoms with Crippen molar-refractivity contribution in [1.82, 2.24) is 9.97 Å². The Hall–Kier alpha value is -1.68.